The Kier molecular flexibility index (Phi) is 6.86. The van der Waals surface area contributed by atoms with Crippen LogP contribution in [0.4, 0.5) is 4.79 Å². The summed E-state index contributed by atoms with van der Waals surface area (Å²) in [6.07, 6.45) is 1.09. The molecule has 1 aromatic rings. The SMILES string of the molecule is CCC(c1ccccc1)N1CCN(C(=NC)NCCN2C(=O)CNC2=O)CC1. The average molecular weight is 387 g/mol. The Labute approximate surface area is 166 Å². The van der Waals surface area contributed by atoms with Crippen molar-refractivity contribution >= 4 is 17.9 Å². The zero-order valence-corrected chi connectivity index (χ0v) is 16.7. The molecule has 0 spiro atoms. The standard InChI is InChI=1S/C20H30N6O2/c1-3-17(16-7-5-4-6-8-16)24-11-13-25(14-12-24)19(21-2)22-9-10-26-18(27)15-23-20(26)28/h4-8,17H,3,9-15H2,1-2H3,(H,21,22)(H,23,28). The van der Waals surface area contributed by atoms with E-state index in [0.717, 1.165) is 38.6 Å². The zero-order valence-electron chi connectivity index (χ0n) is 16.7. The maximum absolute atomic E-state index is 11.6. The van der Waals surface area contributed by atoms with Crippen molar-refractivity contribution in [3.05, 3.63) is 35.9 Å². The first-order chi connectivity index (χ1) is 13.6. The molecular weight excluding hydrogens is 356 g/mol. The number of imide groups is 1. The normalized spacial score (nSPS) is 19.7. The highest BCUT2D eigenvalue weighted by molar-refractivity contribution is 6.01. The van der Waals surface area contributed by atoms with Crippen LogP contribution in [0, 0.1) is 0 Å². The van der Waals surface area contributed by atoms with Crippen LogP contribution in [0.15, 0.2) is 35.3 Å². The number of amides is 3. The number of rotatable bonds is 6. The first-order valence-corrected chi connectivity index (χ1v) is 9.96. The van der Waals surface area contributed by atoms with E-state index in [4.69, 9.17) is 0 Å². The fourth-order valence-corrected chi connectivity index (χ4v) is 3.92. The molecule has 8 heteroatoms. The van der Waals surface area contributed by atoms with E-state index in [2.05, 4.69) is 62.7 Å². The molecule has 28 heavy (non-hydrogen) atoms. The Morgan fingerprint density at radius 2 is 1.89 bits per heavy atom. The molecule has 2 aliphatic rings. The van der Waals surface area contributed by atoms with E-state index in [9.17, 15) is 9.59 Å². The number of nitrogens with zero attached hydrogens (tertiary/aromatic N) is 4. The topological polar surface area (TPSA) is 80.3 Å². The Morgan fingerprint density at radius 3 is 2.46 bits per heavy atom. The third-order valence-corrected chi connectivity index (χ3v) is 5.39. The van der Waals surface area contributed by atoms with Crippen molar-refractivity contribution in [1.82, 2.24) is 25.3 Å². The molecule has 0 saturated carbocycles. The molecular formula is C20H30N6O2. The van der Waals surface area contributed by atoms with Gasteiger partial charge in [-0.05, 0) is 12.0 Å². The van der Waals surface area contributed by atoms with Gasteiger partial charge in [0.1, 0.15) is 0 Å². The van der Waals surface area contributed by atoms with Crippen LogP contribution < -0.4 is 10.6 Å². The number of aliphatic imine (C=N–C) groups is 1. The fourth-order valence-electron chi connectivity index (χ4n) is 3.92. The molecule has 1 aromatic carbocycles. The molecule has 1 atom stereocenters. The number of hydrogen-bond acceptors (Lipinski definition) is 4. The molecule has 3 rings (SSSR count). The minimum absolute atomic E-state index is 0.0928. The predicted molar refractivity (Wildman–Crippen MR) is 109 cm³/mol. The molecule has 0 bridgehead atoms. The van der Waals surface area contributed by atoms with Crippen LogP contribution in [0.5, 0.6) is 0 Å². The lowest BCUT2D eigenvalue weighted by Crippen LogP contribution is -2.53. The van der Waals surface area contributed by atoms with Crippen LogP contribution in [0.25, 0.3) is 0 Å². The smallest absolute Gasteiger partial charge is 0.324 e. The molecule has 2 aliphatic heterocycles. The van der Waals surface area contributed by atoms with Crippen LogP contribution in [-0.2, 0) is 4.79 Å². The largest absolute Gasteiger partial charge is 0.354 e. The third kappa shape index (κ3) is 4.62. The molecule has 0 aromatic heterocycles. The molecule has 0 aliphatic carbocycles. The average Bonchev–Trinajstić information content (AvgIpc) is 3.05. The first kappa shape index (κ1) is 20.1. The molecule has 152 valence electrons. The van der Waals surface area contributed by atoms with Crippen LogP contribution in [-0.4, -0.2) is 85.5 Å². The predicted octanol–water partition coefficient (Wildman–Crippen LogP) is 0.883. The van der Waals surface area contributed by atoms with Gasteiger partial charge in [0.2, 0.25) is 5.91 Å². The number of piperazine rings is 1. The van der Waals surface area contributed by atoms with Crippen LogP contribution in [0.3, 0.4) is 0 Å². The van der Waals surface area contributed by atoms with Crippen molar-refractivity contribution in [1.29, 1.82) is 0 Å². The molecule has 2 fully saturated rings. The highest BCUT2D eigenvalue weighted by Crippen LogP contribution is 2.25. The lowest BCUT2D eigenvalue weighted by molar-refractivity contribution is -0.124. The van der Waals surface area contributed by atoms with E-state index in [1.807, 2.05) is 0 Å². The number of guanidine groups is 1. The second-order valence-electron chi connectivity index (χ2n) is 7.04. The van der Waals surface area contributed by atoms with Gasteiger partial charge in [0, 0.05) is 52.4 Å². The van der Waals surface area contributed by atoms with Gasteiger partial charge in [-0.25, -0.2) is 4.79 Å². The van der Waals surface area contributed by atoms with Crippen molar-refractivity contribution in [2.45, 2.75) is 19.4 Å². The van der Waals surface area contributed by atoms with Crippen molar-refractivity contribution in [2.75, 3.05) is 52.9 Å². The minimum atomic E-state index is -0.318. The molecule has 2 N–H and O–H groups in total. The second kappa shape index (κ2) is 9.54. The van der Waals surface area contributed by atoms with Gasteiger partial charge in [0.05, 0.1) is 6.54 Å². The van der Waals surface area contributed by atoms with Crippen molar-refractivity contribution < 1.29 is 9.59 Å². The second-order valence-corrected chi connectivity index (χ2v) is 7.04. The van der Waals surface area contributed by atoms with Crippen molar-refractivity contribution in [2.24, 2.45) is 4.99 Å². The Balaban J connectivity index is 1.48. The van der Waals surface area contributed by atoms with E-state index in [1.165, 1.54) is 10.5 Å². The fraction of sp³-hybridized carbons (Fsp3) is 0.550. The number of nitrogens with one attached hydrogen (secondary N) is 2. The van der Waals surface area contributed by atoms with Gasteiger partial charge in [-0.2, -0.15) is 0 Å². The third-order valence-electron chi connectivity index (χ3n) is 5.39. The number of hydrogen-bond donors (Lipinski definition) is 2. The summed E-state index contributed by atoms with van der Waals surface area (Å²) in [6.45, 7) is 6.90. The molecule has 1 unspecified atom stereocenters. The summed E-state index contributed by atoms with van der Waals surface area (Å²) in [5.74, 6) is 0.640. The first-order valence-electron chi connectivity index (χ1n) is 9.96. The van der Waals surface area contributed by atoms with E-state index >= 15 is 0 Å². The minimum Gasteiger partial charge on any atom is -0.354 e. The van der Waals surface area contributed by atoms with Gasteiger partial charge in [-0.15, -0.1) is 0 Å². The maximum atomic E-state index is 11.6. The summed E-state index contributed by atoms with van der Waals surface area (Å²) in [5, 5.41) is 5.81. The van der Waals surface area contributed by atoms with Gasteiger partial charge >= 0.3 is 6.03 Å². The summed E-state index contributed by atoms with van der Waals surface area (Å²) >= 11 is 0. The van der Waals surface area contributed by atoms with Gasteiger partial charge in [-0.1, -0.05) is 37.3 Å². The summed E-state index contributed by atoms with van der Waals surface area (Å²) < 4.78 is 0. The van der Waals surface area contributed by atoms with Gasteiger partial charge in [0.25, 0.3) is 0 Å². The Bertz CT molecular complexity index is 684. The monoisotopic (exact) mass is 386 g/mol. The lowest BCUT2D eigenvalue weighted by Gasteiger charge is -2.40. The van der Waals surface area contributed by atoms with E-state index in [-0.39, 0.29) is 18.5 Å². The quantitative estimate of drug-likeness (QED) is 0.431. The zero-order chi connectivity index (χ0) is 19.9. The molecule has 2 saturated heterocycles. The van der Waals surface area contributed by atoms with E-state index < -0.39 is 0 Å². The molecule has 2 heterocycles. The summed E-state index contributed by atoms with van der Waals surface area (Å²) in [4.78, 5) is 33.6. The summed E-state index contributed by atoms with van der Waals surface area (Å²) in [5.41, 5.74) is 1.37. The molecule has 3 amide bonds. The number of urea groups is 1. The number of benzene rings is 1. The van der Waals surface area contributed by atoms with Crippen LogP contribution >= 0.6 is 0 Å². The number of carbonyl (C=O) groups excluding carboxylic acids is 2. The van der Waals surface area contributed by atoms with Crippen LogP contribution in [0.2, 0.25) is 0 Å². The Morgan fingerprint density at radius 1 is 1.18 bits per heavy atom. The maximum Gasteiger partial charge on any atom is 0.324 e. The highest BCUT2D eigenvalue weighted by atomic mass is 16.2. The summed E-state index contributed by atoms with van der Waals surface area (Å²) in [7, 11) is 1.77. The van der Waals surface area contributed by atoms with Crippen LogP contribution in [0.1, 0.15) is 24.9 Å². The molecule has 8 nitrogen and oxygen atoms in total. The van der Waals surface area contributed by atoms with Crippen molar-refractivity contribution in [3.8, 4) is 0 Å². The lowest BCUT2D eigenvalue weighted by atomic mass is 10.0. The molecule has 0 radical (unpaired) electrons. The van der Waals surface area contributed by atoms with Gasteiger partial charge in [0.15, 0.2) is 5.96 Å². The van der Waals surface area contributed by atoms with Gasteiger partial charge in [-0.3, -0.25) is 19.6 Å². The number of carbonyl (C=O) groups is 2. The highest BCUT2D eigenvalue weighted by Gasteiger charge is 2.28. The van der Waals surface area contributed by atoms with Gasteiger partial charge < -0.3 is 15.5 Å². The summed E-state index contributed by atoms with van der Waals surface area (Å²) in [6, 6.07) is 10.8. The van der Waals surface area contributed by atoms with Crippen molar-refractivity contribution in [3.63, 3.8) is 0 Å². The van der Waals surface area contributed by atoms with E-state index in [1.54, 1.807) is 7.05 Å². The van der Waals surface area contributed by atoms with E-state index in [0.29, 0.717) is 19.1 Å². The Hall–Kier alpha value is -2.61.